The number of rotatable bonds is 4. The van der Waals surface area contributed by atoms with Crippen LogP contribution in [0.3, 0.4) is 0 Å². The molecule has 0 bridgehead atoms. The van der Waals surface area contributed by atoms with Gasteiger partial charge in [-0.05, 0) is 78.2 Å². The number of likely N-dealkylation sites (tertiary alicyclic amines) is 1. The molecule has 1 saturated heterocycles. The maximum absolute atomic E-state index is 2.70. The summed E-state index contributed by atoms with van der Waals surface area (Å²) in [5.74, 6) is 1.94. The summed E-state index contributed by atoms with van der Waals surface area (Å²) in [4.78, 5) is 4.99. The van der Waals surface area contributed by atoms with Crippen LogP contribution < -0.4 is 0 Å². The Morgan fingerprint density at radius 3 is 2.68 bits per heavy atom. The Hall–Kier alpha value is -0.340. The Morgan fingerprint density at radius 1 is 1.26 bits per heavy atom. The standard InChI is InChI=1S/C15H28N2.C2H6/c1-13-5-6-14-7-10-17(12-15(14)11-13)9-4-8-16(2)3;1-2/h5,14-15H,4,6-12H2,1-3H3;1-2H3. The van der Waals surface area contributed by atoms with E-state index in [-0.39, 0.29) is 0 Å². The Morgan fingerprint density at radius 2 is 2.00 bits per heavy atom. The summed E-state index contributed by atoms with van der Waals surface area (Å²) >= 11 is 0. The molecule has 1 heterocycles. The predicted octanol–water partition coefficient (Wildman–Crippen LogP) is 3.64. The molecule has 0 aromatic carbocycles. The first kappa shape index (κ1) is 16.7. The van der Waals surface area contributed by atoms with Crippen LogP contribution in [0.5, 0.6) is 0 Å². The van der Waals surface area contributed by atoms with E-state index < -0.39 is 0 Å². The van der Waals surface area contributed by atoms with Crippen LogP contribution in [-0.4, -0.2) is 50.1 Å². The van der Waals surface area contributed by atoms with E-state index in [9.17, 15) is 0 Å². The quantitative estimate of drug-likeness (QED) is 0.717. The largest absolute Gasteiger partial charge is 0.309 e. The Bertz CT molecular complexity index is 270. The summed E-state index contributed by atoms with van der Waals surface area (Å²) in [5.41, 5.74) is 1.63. The first-order valence-corrected chi connectivity index (χ1v) is 8.18. The molecule has 1 fully saturated rings. The Kier molecular flexibility index (Phi) is 7.70. The molecule has 2 atom stereocenters. The molecular formula is C17H34N2. The van der Waals surface area contributed by atoms with Crippen molar-refractivity contribution in [2.24, 2.45) is 11.8 Å². The Labute approximate surface area is 120 Å². The van der Waals surface area contributed by atoms with Gasteiger partial charge in [0.25, 0.3) is 0 Å². The lowest BCUT2D eigenvalue weighted by molar-refractivity contribution is 0.111. The van der Waals surface area contributed by atoms with Crippen molar-refractivity contribution in [2.45, 2.75) is 46.5 Å². The van der Waals surface area contributed by atoms with Crippen molar-refractivity contribution < 1.29 is 0 Å². The molecule has 19 heavy (non-hydrogen) atoms. The molecule has 0 aromatic heterocycles. The van der Waals surface area contributed by atoms with Gasteiger partial charge in [0.05, 0.1) is 0 Å². The van der Waals surface area contributed by atoms with Gasteiger partial charge in [-0.2, -0.15) is 0 Å². The molecule has 0 spiro atoms. The zero-order valence-corrected chi connectivity index (χ0v) is 13.8. The van der Waals surface area contributed by atoms with Crippen LogP contribution in [0.4, 0.5) is 0 Å². The van der Waals surface area contributed by atoms with E-state index in [1.807, 2.05) is 13.8 Å². The average Bonchev–Trinajstić information content (AvgIpc) is 2.40. The highest BCUT2D eigenvalue weighted by Gasteiger charge is 2.30. The maximum atomic E-state index is 2.70. The minimum atomic E-state index is 0.952. The van der Waals surface area contributed by atoms with E-state index in [2.05, 4.69) is 36.9 Å². The van der Waals surface area contributed by atoms with Gasteiger partial charge < -0.3 is 9.80 Å². The fourth-order valence-electron chi connectivity index (χ4n) is 3.36. The molecule has 2 aliphatic rings. The van der Waals surface area contributed by atoms with Gasteiger partial charge in [0, 0.05) is 6.54 Å². The highest BCUT2D eigenvalue weighted by molar-refractivity contribution is 5.07. The van der Waals surface area contributed by atoms with Crippen LogP contribution in [0, 0.1) is 11.8 Å². The van der Waals surface area contributed by atoms with E-state index in [0.717, 1.165) is 11.8 Å². The number of allylic oxidation sites excluding steroid dienone is 2. The van der Waals surface area contributed by atoms with Gasteiger partial charge in [-0.3, -0.25) is 0 Å². The second kappa shape index (κ2) is 8.76. The van der Waals surface area contributed by atoms with E-state index in [0.29, 0.717) is 0 Å². The van der Waals surface area contributed by atoms with Gasteiger partial charge in [-0.25, -0.2) is 0 Å². The highest BCUT2D eigenvalue weighted by atomic mass is 15.1. The molecule has 0 saturated carbocycles. The van der Waals surface area contributed by atoms with Gasteiger partial charge in [0.15, 0.2) is 0 Å². The molecule has 2 nitrogen and oxygen atoms in total. The SMILES string of the molecule is CC.CC1=CCC2CCN(CCCN(C)C)CC2C1. The van der Waals surface area contributed by atoms with Gasteiger partial charge >= 0.3 is 0 Å². The van der Waals surface area contributed by atoms with Gasteiger partial charge in [-0.15, -0.1) is 0 Å². The summed E-state index contributed by atoms with van der Waals surface area (Å²) in [5, 5.41) is 0. The minimum Gasteiger partial charge on any atom is -0.309 e. The van der Waals surface area contributed by atoms with E-state index in [1.165, 1.54) is 51.9 Å². The monoisotopic (exact) mass is 266 g/mol. The van der Waals surface area contributed by atoms with Crippen molar-refractivity contribution >= 4 is 0 Å². The van der Waals surface area contributed by atoms with Crippen LogP contribution in [-0.2, 0) is 0 Å². The zero-order chi connectivity index (χ0) is 14.3. The van der Waals surface area contributed by atoms with E-state index >= 15 is 0 Å². The second-order valence-corrected chi connectivity index (χ2v) is 6.26. The number of hydrogen-bond donors (Lipinski definition) is 0. The zero-order valence-electron chi connectivity index (χ0n) is 13.8. The average molecular weight is 266 g/mol. The second-order valence-electron chi connectivity index (χ2n) is 6.26. The van der Waals surface area contributed by atoms with Crippen molar-refractivity contribution in [1.29, 1.82) is 0 Å². The summed E-state index contributed by atoms with van der Waals surface area (Å²) in [6.07, 6.45) is 7.93. The molecule has 2 unspecified atom stereocenters. The third kappa shape index (κ3) is 5.66. The van der Waals surface area contributed by atoms with Crippen molar-refractivity contribution in [1.82, 2.24) is 9.80 Å². The molecule has 0 amide bonds. The normalized spacial score (nSPS) is 27.4. The van der Waals surface area contributed by atoms with Crippen molar-refractivity contribution in [3.8, 4) is 0 Å². The topological polar surface area (TPSA) is 6.48 Å². The smallest absolute Gasteiger partial charge is 0.00155 e. The predicted molar refractivity (Wildman–Crippen MR) is 85.5 cm³/mol. The number of fused-ring (bicyclic) bond motifs is 1. The lowest BCUT2D eigenvalue weighted by atomic mass is 9.76. The van der Waals surface area contributed by atoms with E-state index in [1.54, 1.807) is 5.57 Å². The molecule has 1 aliphatic heterocycles. The van der Waals surface area contributed by atoms with Crippen molar-refractivity contribution in [2.75, 3.05) is 40.3 Å². The van der Waals surface area contributed by atoms with Crippen LogP contribution >= 0.6 is 0 Å². The van der Waals surface area contributed by atoms with E-state index in [4.69, 9.17) is 0 Å². The summed E-state index contributed by atoms with van der Waals surface area (Å²) in [7, 11) is 4.34. The summed E-state index contributed by atoms with van der Waals surface area (Å²) in [6, 6.07) is 0. The molecule has 2 heteroatoms. The Balaban J connectivity index is 0.000000861. The van der Waals surface area contributed by atoms with Crippen molar-refractivity contribution in [3.63, 3.8) is 0 Å². The van der Waals surface area contributed by atoms with Gasteiger partial charge in [0.1, 0.15) is 0 Å². The molecule has 1 aliphatic carbocycles. The molecule has 112 valence electrons. The third-order valence-electron chi connectivity index (χ3n) is 4.41. The van der Waals surface area contributed by atoms with Gasteiger partial charge in [0.2, 0.25) is 0 Å². The molecule has 0 radical (unpaired) electrons. The molecule has 0 aromatic rings. The van der Waals surface area contributed by atoms with Crippen LogP contribution in [0.25, 0.3) is 0 Å². The summed E-state index contributed by atoms with van der Waals surface area (Å²) in [6.45, 7) is 11.5. The molecule has 2 rings (SSSR count). The molecular weight excluding hydrogens is 232 g/mol. The fourth-order valence-corrected chi connectivity index (χ4v) is 3.36. The van der Waals surface area contributed by atoms with Crippen LogP contribution in [0.2, 0.25) is 0 Å². The maximum Gasteiger partial charge on any atom is 0.00155 e. The van der Waals surface area contributed by atoms with Gasteiger partial charge in [-0.1, -0.05) is 25.5 Å². The van der Waals surface area contributed by atoms with Crippen molar-refractivity contribution in [3.05, 3.63) is 11.6 Å². The third-order valence-corrected chi connectivity index (χ3v) is 4.41. The summed E-state index contributed by atoms with van der Waals surface area (Å²) < 4.78 is 0. The highest BCUT2D eigenvalue weighted by Crippen LogP contribution is 2.35. The lowest BCUT2D eigenvalue weighted by Crippen LogP contribution is -2.42. The first-order chi connectivity index (χ1) is 9.15. The molecule has 0 N–H and O–H groups in total. The number of piperidine rings is 1. The first-order valence-electron chi connectivity index (χ1n) is 8.18. The minimum absolute atomic E-state index is 0.952. The van der Waals surface area contributed by atoms with Crippen LogP contribution in [0.1, 0.15) is 46.5 Å². The van der Waals surface area contributed by atoms with Crippen LogP contribution in [0.15, 0.2) is 11.6 Å². The fraction of sp³-hybridized carbons (Fsp3) is 0.882. The number of nitrogens with zero attached hydrogens (tertiary/aromatic N) is 2. The lowest BCUT2D eigenvalue weighted by Gasteiger charge is -2.40. The number of hydrogen-bond acceptors (Lipinski definition) is 2.